The van der Waals surface area contributed by atoms with E-state index in [1.165, 1.54) is 11.4 Å². The molecule has 1 N–H and O–H groups in total. The van der Waals surface area contributed by atoms with Crippen molar-refractivity contribution in [1.82, 2.24) is 5.32 Å². The lowest BCUT2D eigenvalue weighted by molar-refractivity contribution is 0.0935. The van der Waals surface area contributed by atoms with Gasteiger partial charge in [0.05, 0.1) is 16.6 Å². The highest BCUT2D eigenvalue weighted by Gasteiger charge is 2.23. The first kappa shape index (κ1) is 22.6. The molecule has 31 heavy (non-hydrogen) atoms. The second-order valence-electron chi connectivity index (χ2n) is 7.63. The van der Waals surface area contributed by atoms with Gasteiger partial charge in [0, 0.05) is 12.6 Å². The molecule has 0 radical (unpaired) electrons. The quantitative estimate of drug-likeness (QED) is 0.566. The van der Waals surface area contributed by atoms with Crippen LogP contribution in [-0.2, 0) is 10.0 Å². The molecule has 0 aromatic heterocycles. The third-order valence-electron chi connectivity index (χ3n) is 5.41. The van der Waals surface area contributed by atoms with Gasteiger partial charge in [-0.1, -0.05) is 61.0 Å². The van der Waals surface area contributed by atoms with E-state index >= 15 is 0 Å². The van der Waals surface area contributed by atoms with E-state index < -0.39 is 10.0 Å². The number of carbonyl (C=O) groups excluding carboxylic acids is 1. The Balaban J connectivity index is 1.87. The van der Waals surface area contributed by atoms with E-state index in [0.717, 1.165) is 23.1 Å². The van der Waals surface area contributed by atoms with Gasteiger partial charge in [0.15, 0.2) is 0 Å². The number of amides is 1. The molecule has 0 aliphatic rings. The van der Waals surface area contributed by atoms with Crippen LogP contribution in [0.25, 0.3) is 0 Å². The standard InChI is InChI=1S/C25H28N2O3S/c1-5-23(20-14-11-18(2)12-15-20)26-25(28)21-16-13-19(3)24(17-21)27(4)31(29,30)22-9-7-6-8-10-22/h6-17,23H,5H2,1-4H3,(H,26,28)/t23-/m0/s1. The highest BCUT2D eigenvalue weighted by Crippen LogP contribution is 2.27. The molecule has 3 rings (SSSR count). The summed E-state index contributed by atoms with van der Waals surface area (Å²) in [4.78, 5) is 13.2. The fraction of sp³-hybridized carbons (Fsp3) is 0.240. The summed E-state index contributed by atoms with van der Waals surface area (Å²) in [6.07, 6.45) is 0.746. The molecular weight excluding hydrogens is 408 g/mol. The number of nitrogens with one attached hydrogen (secondary N) is 1. The van der Waals surface area contributed by atoms with Gasteiger partial charge < -0.3 is 5.32 Å². The predicted molar refractivity (Wildman–Crippen MR) is 125 cm³/mol. The fourth-order valence-electron chi connectivity index (χ4n) is 3.43. The number of nitrogens with zero attached hydrogens (tertiary/aromatic N) is 1. The van der Waals surface area contributed by atoms with Crippen molar-refractivity contribution in [2.75, 3.05) is 11.4 Å². The summed E-state index contributed by atoms with van der Waals surface area (Å²) >= 11 is 0. The molecule has 0 bridgehead atoms. The summed E-state index contributed by atoms with van der Waals surface area (Å²) in [6.45, 7) is 5.87. The van der Waals surface area contributed by atoms with Gasteiger partial charge in [-0.2, -0.15) is 0 Å². The maximum atomic E-state index is 13.0. The second-order valence-corrected chi connectivity index (χ2v) is 9.60. The first-order chi connectivity index (χ1) is 14.7. The minimum atomic E-state index is -3.73. The third-order valence-corrected chi connectivity index (χ3v) is 7.19. The van der Waals surface area contributed by atoms with Crippen molar-refractivity contribution < 1.29 is 13.2 Å². The molecule has 1 amide bonds. The van der Waals surface area contributed by atoms with Crippen LogP contribution in [0, 0.1) is 13.8 Å². The van der Waals surface area contributed by atoms with Gasteiger partial charge in [0.1, 0.15) is 0 Å². The number of hydrogen-bond acceptors (Lipinski definition) is 3. The van der Waals surface area contributed by atoms with Crippen LogP contribution in [-0.4, -0.2) is 21.4 Å². The topological polar surface area (TPSA) is 66.5 Å². The maximum absolute atomic E-state index is 13.0. The zero-order valence-electron chi connectivity index (χ0n) is 18.3. The molecule has 5 nitrogen and oxygen atoms in total. The minimum absolute atomic E-state index is 0.122. The van der Waals surface area contributed by atoms with Gasteiger partial charge >= 0.3 is 0 Å². The van der Waals surface area contributed by atoms with Crippen LogP contribution >= 0.6 is 0 Å². The molecule has 6 heteroatoms. The van der Waals surface area contributed by atoms with Gasteiger partial charge in [-0.3, -0.25) is 9.10 Å². The monoisotopic (exact) mass is 436 g/mol. The fourth-order valence-corrected chi connectivity index (χ4v) is 4.70. The van der Waals surface area contributed by atoms with Crippen LogP contribution in [0.4, 0.5) is 5.69 Å². The zero-order chi connectivity index (χ0) is 22.6. The molecule has 0 unspecified atom stereocenters. The smallest absolute Gasteiger partial charge is 0.264 e. The van der Waals surface area contributed by atoms with Crippen molar-refractivity contribution in [3.63, 3.8) is 0 Å². The molecule has 0 saturated heterocycles. The Morgan fingerprint density at radius 3 is 2.23 bits per heavy atom. The van der Waals surface area contributed by atoms with Gasteiger partial charge in [0.2, 0.25) is 0 Å². The maximum Gasteiger partial charge on any atom is 0.264 e. The molecule has 3 aromatic carbocycles. The summed E-state index contributed by atoms with van der Waals surface area (Å²) in [5, 5.41) is 3.07. The highest BCUT2D eigenvalue weighted by molar-refractivity contribution is 7.92. The number of rotatable bonds is 7. The number of carbonyl (C=O) groups is 1. The molecule has 0 aliphatic carbocycles. The third kappa shape index (κ3) is 4.97. The molecule has 0 heterocycles. The van der Waals surface area contributed by atoms with Gasteiger partial charge in [-0.15, -0.1) is 0 Å². The number of aryl methyl sites for hydroxylation is 2. The van der Waals surface area contributed by atoms with E-state index in [1.807, 2.05) is 45.0 Å². The lowest BCUT2D eigenvalue weighted by Gasteiger charge is -2.23. The number of benzene rings is 3. The van der Waals surface area contributed by atoms with Crippen molar-refractivity contribution >= 4 is 21.6 Å². The van der Waals surface area contributed by atoms with Crippen molar-refractivity contribution in [3.8, 4) is 0 Å². The van der Waals surface area contributed by atoms with Crippen LogP contribution < -0.4 is 9.62 Å². The lowest BCUT2D eigenvalue weighted by atomic mass is 10.0. The summed E-state index contributed by atoms with van der Waals surface area (Å²) in [5.41, 5.74) is 3.86. The second kappa shape index (κ2) is 9.35. The first-order valence-corrected chi connectivity index (χ1v) is 11.7. The Morgan fingerprint density at radius 2 is 1.61 bits per heavy atom. The van der Waals surface area contributed by atoms with E-state index in [-0.39, 0.29) is 16.8 Å². The van der Waals surface area contributed by atoms with E-state index in [0.29, 0.717) is 11.3 Å². The van der Waals surface area contributed by atoms with Gasteiger partial charge in [-0.05, 0) is 55.7 Å². The van der Waals surface area contributed by atoms with Crippen LogP contribution in [0.3, 0.4) is 0 Å². The SMILES string of the molecule is CC[C@H](NC(=O)c1ccc(C)c(N(C)S(=O)(=O)c2ccccc2)c1)c1ccc(C)cc1. The number of anilines is 1. The lowest BCUT2D eigenvalue weighted by Crippen LogP contribution is -2.30. The highest BCUT2D eigenvalue weighted by atomic mass is 32.2. The van der Waals surface area contributed by atoms with E-state index in [1.54, 1.807) is 48.5 Å². The molecule has 162 valence electrons. The van der Waals surface area contributed by atoms with Crippen molar-refractivity contribution in [1.29, 1.82) is 0 Å². The molecule has 1 atom stereocenters. The van der Waals surface area contributed by atoms with Gasteiger partial charge in [0.25, 0.3) is 15.9 Å². The Labute approximate surface area is 184 Å². The van der Waals surface area contributed by atoms with Gasteiger partial charge in [-0.25, -0.2) is 8.42 Å². The Morgan fingerprint density at radius 1 is 0.968 bits per heavy atom. The largest absolute Gasteiger partial charge is 0.345 e. The van der Waals surface area contributed by atoms with Crippen molar-refractivity contribution in [2.24, 2.45) is 0 Å². The molecule has 0 spiro atoms. The van der Waals surface area contributed by atoms with Crippen LogP contribution in [0.1, 0.15) is 46.4 Å². The molecule has 3 aromatic rings. The summed E-state index contributed by atoms with van der Waals surface area (Å²) in [5.74, 6) is -0.237. The average molecular weight is 437 g/mol. The summed E-state index contributed by atoms with van der Waals surface area (Å²) in [7, 11) is -2.22. The minimum Gasteiger partial charge on any atom is -0.345 e. The molecule has 0 aliphatic heterocycles. The molecule has 0 fully saturated rings. The Kier molecular flexibility index (Phi) is 6.81. The zero-order valence-corrected chi connectivity index (χ0v) is 19.1. The normalized spacial score (nSPS) is 12.3. The number of hydrogen-bond donors (Lipinski definition) is 1. The first-order valence-electron chi connectivity index (χ1n) is 10.3. The molecular formula is C25H28N2O3S. The van der Waals surface area contributed by atoms with Crippen LogP contribution in [0.2, 0.25) is 0 Å². The molecule has 0 saturated carbocycles. The van der Waals surface area contributed by atoms with Crippen molar-refractivity contribution in [3.05, 3.63) is 95.1 Å². The predicted octanol–water partition coefficient (Wildman–Crippen LogP) is 5.01. The number of sulfonamides is 1. The van der Waals surface area contributed by atoms with E-state index in [9.17, 15) is 13.2 Å². The summed E-state index contributed by atoms with van der Waals surface area (Å²) in [6, 6.07) is 21.4. The van der Waals surface area contributed by atoms with E-state index in [4.69, 9.17) is 0 Å². The average Bonchev–Trinajstić information content (AvgIpc) is 2.78. The van der Waals surface area contributed by atoms with E-state index in [2.05, 4.69) is 5.32 Å². The van der Waals surface area contributed by atoms with Crippen LogP contribution in [0.5, 0.6) is 0 Å². The summed E-state index contributed by atoms with van der Waals surface area (Å²) < 4.78 is 27.3. The van der Waals surface area contributed by atoms with Crippen molar-refractivity contribution in [2.45, 2.75) is 38.1 Å². The van der Waals surface area contributed by atoms with Crippen LogP contribution in [0.15, 0.2) is 77.7 Å². The Bertz CT molecular complexity index is 1160. The Hall–Kier alpha value is -3.12.